The van der Waals surface area contributed by atoms with E-state index in [1.165, 1.54) is 7.11 Å². The number of ether oxygens (including phenoxy) is 2. The molecular formula is C9H10BrFO2. The summed E-state index contributed by atoms with van der Waals surface area (Å²) in [5.74, 6) is 0.205. The smallest absolute Gasteiger partial charge is 0.188 e. The Morgan fingerprint density at radius 1 is 1.46 bits per heavy atom. The van der Waals surface area contributed by atoms with Gasteiger partial charge >= 0.3 is 0 Å². The lowest BCUT2D eigenvalue weighted by molar-refractivity contribution is 0.0503. The molecule has 0 unspecified atom stereocenters. The van der Waals surface area contributed by atoms with Gasteiger partial charge in [0.2, 0.25) is 0 Å². The first-order valence-electron chi connectivity index (χ1n) is 3.73. The van der Waals surface area contributed by atoms with Crippen molar-refractivity contribution in [3.8, 4) is 5.75 Å². The van der Waals surface area contributed by atoms with Crippen LogP contribution in [0.25, 0.3) is 0 Å². The van der Waals surface area contributed by atoms with Gasteiger partial charge in [-0.3, -0.25) is 0 Å². The number of methoxy groups -OCH3 is 1. The average molecular weight is 249 g/mol. The van der Waals surface area contributed by atoms with Gasteiger partial charge in [0.1, 0.15) is 11.6 Å². The zero-order valence-electron chi connectivity index (χ0n) is 7.43. The second-order valence-corrected chi connectivity index (χ2v) is 3.39. The van der Waals surface area contributed by atoms with E-state index in [1.54, 1.807) is 19.1 Å². The molecule has 0 aliphatic carbocycles. The lowest BCUT2D eigenvalue weighted by Crippen LogP contribution is -2.01. The van der Waals surface area contributed by atoms with Crippen molar-refractivity contribution < 1.29 is 13.9 Å². The maximum atomic E-state index is 13.3. The van der Waals surface area contributed by atoms with Crippen LogP contribution in [0, 0.1) is 12.7 Å². The fourth-order valence-electron chi connectivity index (χ4n) is 0.913. The Labute approximate surface area is 84.8 Å². The van der Waals surface area contributed by atoms with Crippen LogP contribution in [0.15, 0.2) is 16.6 Å². The first kappa shape index (κ1) is 10.5. The number of hydrogen-bond donors (Lipinski definition) is 0. The zero-order valence-corrected chi connectivity index (χ0v) is 9.02. The van der Waals surface area contributed by atoms with Gasteiger partial charge in [-0.2, -0.15) is 0 Å². The minimum Gasteiger partial charge on any atom is -0.467 e. The SMILES string of the molecule is COCOc1ccc(Br)c(F)c1C. The van der Waals surface area contributed by atoms with Gasteiger partial charge in [0.25, 0.3) is 0 Å². The fourth-order valence-corrected chi connectivity index (χ4v) is 1.34. The van der Waals surface area contributed by atoms with Crippen LogP contribution in [-0.4, -0.2) is 13.9 Å². The molecule has 1 rings (SSSR count). The van der Waals surface area contributed by atoms with Gasteiger partial charge in [0.15, 0.2) is 6.79 Å². The highest BCUT2D eigenvalue weighted by atomic mass is 79.9. The maximum Gasteiger partial charge on any atom is 0.188 e. The number of rotatable bonds is 3. The summed E-state index contributed by atoms with van der Waals surface area (Å²) in [6.07, 6.45) is 0. The van der Waals surface area contributed by atoms with Gasteiger partial charge in [-0.25, -0.2) is 4.39 Å². The highest BCUT2D eigenvalue weighted by molar-refractivity contribution is 9.10. The van der Waals surface area contributed by atoms with Crippen LogP contribution in [0.4, 0.5) is 4.39 Å². The highest BCUT2D eigenvalue weighted by Crippen LogP contribution is 2.26. The Morgan fingerprint density at radius 2 is 2.15 bits per heavy atom. The van der Waals surface area contributed by atoms with Gasteiger partial charge in [0, 0.05) is 12.7 Å². The van der Waals surface area contributed by atoms with Gasteiger partial charge in [-0.15, -0.1) is 0 Å². The topological polar surface area (TPSA) is 18.5 Å². The molecule has 0 N–H and O–H groups in total. The quantitative estimate of drug-likeness (QED) is 0.767. The molecule has 0 saturated heterocycles. The molecule has 0 radical (unpaired) electrons. The minimum absolute atomic E-state index is 0.127. The molecular weight excluding hydrogens is 239 g/mol. The second kappa shape index (κ2) is 4.58. The summed E-state index contributed by atoms with van der Waals surface area (Å²) in [4.78, 5) is 0. The van der Waals surface area contributed by atoms with E-state index < -0.39 is 0 Å². The molecule has 0 aromatic heterocycles. The average Bonchev–Trinajstić information content (AvgIpc) is 2.13. The normalized spacial score (nSPS) is 10.2. The molecule has 0 amide bonds. The van der Waals surface area contributed by atoms with Crippen molar-refractivity contribution in [2.45, 2.75) is 6.92 Å². The number of benzene rings is 1. The molecule has 13 heavy (non-hydrogen) atoms. The molecule has 0 saturated carbocycles. The Morgan fingerprint density at radius 3 is 2.77 bits per heavy atom. The second-order valence-electron chi connectivity index (χ2n) is 2.54. The molecule has 0 spiro atoms. The first-order chi connectivity index (χ1) is 6.16. The largest absolute Gasteiger partial charge is 0.467 e. The van der Waals surface area contributed by atoms with Crippen LogP contribution in [0.5, 0.6) is 5.75 Å². The molecule has 72 valence electrons. The predicted molar refractivity (Wildman–Crippen MR) is 51.3 cm³/mol. The van der Waals surface area contributed by atoms with Crippen LogP contribution < -0.4 is 4.74 Å². The maximum absolute atomic E-state index is 13.3. The van der Waals surface area contributed by atoms with E-state index in [-0.39, 0.29) is 12.6 Å². The Hall–Kier alpha value is -0.610. The van der Waals surface area contributed by atoms with Crippen molar-refractivity contribution >= 4 is 15.9 Å². The lowest BCUT2D eigenvalue weighted by Gasteiger charge is -2.08. The van der Waals surface area contributed by atoms with E-state index in [0.717, 1.165) is 0 Å². The number of hydrogen-bond acceptors (Lipinski definition) is 2. The van der Waals surface area contributed by atoms with E-state index in [4.69, 9.17) is 9.47 Å². The van der Waals surface area contributed by atoms with Crippen LogP contribution >= 0.6 is 15.9 Å². The van der Waals surface area contributed by atoms with E-state index >= 15 is 0 Å². The van der Waals surface area contributed by atoms with Gasteiger partial charge in [-0.05, 0) is 35.0 Å². The van der Waals surface area contributed by atoms with Crippen molar-refractivity contribution in [1.29, 1.82) is 0 Å². The predicted octanol–water partition coefficient (Wildman–Crippen LogP) is 2.88. The first-order valence-corrected chi connectivity index (χ1v) is 4.52. The highest BCUT2D eigenvalue weighted by Gasteiger charge is 2.08. The van der Waals surface area contributed by atoms with Crippen LogP contribution in [-0.2, 0) is 4.74 Å². The van der Waals surface area contributed by atoms with E-state index in [0.29, 0.717) is 15.8 Å². The van der Waals surface area contributed by atoms with Gasteiger partial charge in [0.05, 0.1) is 4.47 Å². The van der Waals surface area contributed by atoms with Crippen LogP contribution in [0.2, 0.25) is 0 Å². The van der Waals surface area contributed by atoms with Crippen LogP contribution in [0.3, 0.4) is 0 Å². The Bertz CT molecular complexity index is 302. The summed E-state index contributed by atoms with van der Waals surface area (Å²) >= 11 is 3.09. The molecule has 0 aliphatic rings. The number of halogens is 2. The summed E-state index contributed by atoms with van der Waals surface area (Å²) in [5, 5.41) is 0. The molecule has 0 heterocycles. The third-order valence-electron chi connectivity index (χ3n) is 1.62. The van der Waals surface area contributed by atoms with E-state index in [1.807, 2.05) is 0 Å². The molecule has 4 heteroatoms. The molecule has 0 aliphatic heterocycles. The van der Waals surface area contributed by atoms with Crippen LogP contribution in [0.1, 0.15) is 5.56 Å². The minimum atomic E-state index is -0.298. The zero-order chi connectivity index (χ0) is 9.84. The molecule has 1 aromatic rings. The summed E-state index contributed by atoms with van der Waals surface area (Å²) in [5.41, 5.74) is 0.478. The molecule has 0 fully saturated rings. The fraction of sp³-hybridized carbons (Fsp3) is 0.333. The lowest BCUT2D eigenvalue weighted by atomic mass is 10.2. The summed E-state index contributed by atoms with van der Waals surface area (Å²) in [6, 6.07) is 3.30. The van der Waals surface area contributed by atoms with E-state index in [2.05, 4.69) is 15.9 Å². The van der Waals surface area contributed by atoms with Crippen molar-refractivity contribution in [3.05, 3.63) is 28.0 Å². The summed E-state index contributed by atoms with van der Waals surface area (Å²) < 4.78 is 23.5. The monoisotopic (exact) mass is 248 g/mol. The van der Waals surface area contributed by atoms with Crippen molar-refractivity contribution in [2.75, 3.05) is 13.9 Å². The van der Waals surface area contributed by atoms with Gasteiger partial charge < -0.3 is 9.47 Å². The molecule has 2 nitrogen and oxygen atoms in total. The molecule has 1 aromatic carbocycles. The van der Waals surface area contributed by atoms with Crippen molar-refractivity contribution in [2.24, 2.45) is 0 Å². The van der Waals surface area contributed by atoms with E-state index in [9.17, 15) is 4.39 Å². The summed E-state index contributed by atoms with van der Waals surface area (Å²) in [6.45, 7) is 1.78. The molecule has 0 bridgehead atoms. The van der Waals surface area contributed by atoms with Crippen molar-refractivity contribution in [3.63, 3.8) is 0 Å². The Balaban J connectivity index is 2.90. The third-order valence-corrected chi connectivity index (χ3v) is 2.23. The molecule has 0 atom stereocenters. The standard InChI is InChI=1S/C9H10BrFO2/c1-6-8(13-5-12-2)4-3-7(10)9(6)11/h3-4H,5H2,1-2H3. The Kier molecular flexibility index (Phi) is 3.69. The summed E-state index contributed by atoms with van der Waals surface area (Å²) in [7, 11) is 1.52. The van der Waals surface area contributed by atoms with Crippen molar-refractivity contribution in [1.82, 2.24) is 0 Å². The van der Waals surface area contributed by atoms with Gasteiger partial charge in [-0.1, -0.05) is 0 Å². The third kappa shape index (κ3) is 2.42.